The molecule has 0 radical (unpaired) electrons. The van der Waals surface area contributed by atoms with Crippen LogP contribution in [0.5, 0.6) is 11.5 Å². The highest BCUT2D eigenvalue weighted by molar-refractivity contribution is 6.39. The predicted molar refractivity (Wildman–Crippen MR) is 217 cm³/mol. The Labute approximate surface area is 334 Å². The van der Waals surface area contributed by atoms with Gasteiger partial charge in [0.15, 0.2) is 13.2 Å². The molecule has 4 aliphatic rings. The first-order valence-electron chi connectivity index (χ1n) is 19.0. The number of nitrogens with zero attached hydrogens (tertiary/aromatic N) is 2. The summed E-state index contributed by atoms with van der Waals surface area (Å²) in [5.74, 6) is 1.11. The summed E-state index contributed by atoms with van der Waals surface area (Å²) in [6, 6.07) is 23.3. The minimum Gasteiger partial charge on any atom is -0.482 e. The number of carbonyl (C=O) groups excluding carboxylic acids is 4. The Balaban J connectivity index is 0.978. The van der Waals surface area contributed by atoms with E-state index in [-0.39, 0.29) is 48.9 Å². The summed E-state index contributed by atoms with van der Waals surface area (Å²) in [7, 11) is 0. The molecule has 4 aromatic carbocycles. The molecule has 4 aromatic rings. The van der Waals surface area contributed by atoms with Crippen molar-refractivity contribution < 1.29 is 28.7 Å². The molecule has 4 amide bonds. The first kappa shape index (κ1) is 37.8. The highest BCUT2D eigenvalue weighted by atomic mass is 35.5. The second-order valence-corrected chi connectivity index (χ2v) is 15.1. The van der Waals surface area contributed by atoms with Crippen molar-refractivity contribution in [2.24, 2.45) is 0 Å². The lowest BCUT2D eigenvalue weighted by Gasteiger charge is -2.30. The second kappa shape index (κ2) is 16.5. The smallest absolute Gasteiger partial charge is 0.265 e. The van der Waals surface area contributed by atoms with Crippen LogP contribution in [-0.4, -0.2) is 88.2 Å². The van der Waals surface area contributed by atoms with E-state index in [0.29, 0.717) is 85.0 Å². The lowest BCUT2D eigenvalue weighted by atomic mass is 9.95. The molecule has 0 aromatic heterocycles. The van der Waals surface area contributed by atoms with Crippen LogP contribution in [0.3, 0.4) is 0 Å². The van der Waals surface area contributed by atoms with Gasteiger partial charge in [-0.15, -0.1) is 0 Å². The molecule has 0 bridgehead atoms. The first-order valence-corrected chi connectivity index (χ1v) is 19.7. The largest absolute Gasteiger partial charge is 0.482 e. The van der Waals surface area contributed by atoms with Gasteiger partial charge in [-0.2, -0.15) is 0 Å². The van der Waals surface area contributed by atoms with Crippen LogP contribution in [0.1, 0.15) is 25.7 Å². The summed E-state index contributed by atoms with van der Waals surface area (Å²) >= 11 is 14.3. The fourth-order valence-electron chi connectivity index (χ4n) is 7.76. The van der Waals surface area contributed by atoms with Gasteiger partial charge >= 0.3 is 0 Å². The van der Waals surface area contributed by atoms with Crippen LogP contribution < -0.4 is 40.5 Å². The third kappa shape index (κ3) is 7.92. The molecule has 8 rings (SSSR count). The van der Waals surface area contributed by atoms with Crippen LogP contribution in [0.15, 0.2) is 72.8 Å². The number of hydrogen-bond acceptors (Lipinski definition) is 8. The van der Waals surface area contributed by atoms with Crippen LogP contribution in [-0.2, 0) is 19.2 Å². The number of fused-ring (bicyclic) bond motifs is 2. The minimum atomic E-state index is -0.118. The zero-order valence-electron chi connectivity index (χ0n) is 30.7. The van der Waals surface area contributed by atoms with E-state index in [1.165, 1.54) is 0 Å². The van der Waals surface area contributed by atoms with Crippen LogP contribution in [0.25, 0.3) is 33.4 Å². The molecule has 4 N–H and O–H groups in total. The quantitative estimate of drug-likeness (QED) is 0.136. The maximum atomic E-state index is 12.9. The predicted octanol–water partition coefficient (Wildman–Crippen LogP) is 5.18. The molecule has 12 nitrogen and oxygen atoms in total. The third-order valence-corrected chi connectivity index (χ3v) is 11.5. The molecule has 0 unspecified atom stereocenters. The topological polar surface area (TPSA) is 141 Å². The number of nitrogens with one attached hydrogen (secondary N) is 4. The van der Waals surface area contributed by atoms with E-state index in [2.05, 4.69) is 21.3 Å². The summed E-state index contributed by atoms with van der Waals surface area (Å²) in [5.41, 5.74) is 6.14. The zero-order chi connectivity index (χ0) is 38.8. The third-order valence-electron chi connectivity index (χ3n) is 10.7. The van der Waals surface area contributed by atoms with E-state index >= 15 is 0 Å². The molecule has 4 aliphatic heterocycles. The molecule has 56 heavy (non-hydrogen) atoms. The van der Waals surface area contributed by atoms with Crippen molar-refractivity contribution in [3.63, 3.8) is 0 Å². The molecule has 4 heterocycles. The number of anilines is 2. The van der Waals surface area contributed by atoms with Crippen molar-refractivity contribution in [3.8, 4) is 44.9 Å². The Morgan fingerprint density at radius 1 is 0.607 bits per heavy atom. The van der Waals surface area contributed by atoms with E-state index < -0.39 is 0 Å². The maximum absolute atomic E-state index is 12.9. The molecular weight excluding hydrogens is 755 g/mol. The Kier molecular flexibility index (Phi) is 11.1. The van der Waals surface area contributed by atoms with E-state index in [0.717, 1.165) is 46.2 Å². The van der Waals surface area contributed by atoms with Gasteiger partial charge in [-0.25, -0.2) is 0 Å². The lowest BCUT2D eigenvalue weighted by molar-refractivity contribution is -0.122. The van der Waals surface area contributed by atoms with Crippen molar-refractivity contribution in [1.29, 1.82) is 0 Å². The molecule has 2 saturated heterocycles. The van der Waals surface area contributed by atoms with Gasteiger partial charge in [0, 0.05) is 86.4 Å². The van der Waals surface area contributed by atoms with Crippen LogP contribution >= 0.6 is 23.2 Å². The Morgan fingerprint density at radius 3 is 1.45 bits per heavy atom. The van der Waals surface area contributed by atoms with Crippen molar-refractivity contribution in [1.82, 2.24) is 21.3 Å². The van der Waals surface area contributed by atoms with Crippen molar-refractivity contribution in [2.45, 2.75) is 37.8 Å². The average Bonchev–Trinajstić information content (AvgIpc) is 3.83. The number of benzene rings is 4. The Bertz CT molecular complexity index is 2050. The maximum Gasteiger partial charge on any atom is 0.265 e. The fraction of sp³-hybridized carbons (Fsp3) is 0.333. The number of amides is 4. The summed E-state index contributed by atoms with van der Waals surface area (Å²) in [5, 5.41) is 13.7. The van der Waals surface area contributed by atoms with Crippen molar-refractivity contribution in [3.05, 3.63) is 82.8 Å². The van der Waals surface area contributed by atoms with Gasteiger partial charge in [0.25, 0.3) is 11.8 Å². The molecule has 0 aliphatic carbocycles. The summed E-state index contributed by atoms with van der Waals surface area (Å²) < 4.78 is 11.8. The van der Waals surface area contributed by atoms with E-state index in [4.69, 9.17) is 32.7 Å². The van der Waals surface area contributed by atoms with E-state index in [9.17, 15) is 19.2 Å². The average molecular weight is 798 g/mol. The van der Waals surface area contributed by atoms with Gasteiger partial charge < -0.3 is 40.5 Å². The number of rotatable bonds is 13. The molecule has 2 fully saturated rings. The van der Waals surface area contributed by atoms with E-state index in [1.807, 2.05) is 72.8 Å². The molecule has 0 saturated carbocycles. The van der Waals surface area contributed by atoms with Gasteiger partial charge in [0.2, 0.25) is 11.8 Å². The highest BCUT2D eigenvalue weighted by Gasteiger charge is 2.29. The van der Waals surface area contributed by atoms with Gasteiger partial charge in [-0.3, -0.25) is 19.2 Å². The van der Waals surface area contributed by atoms with Crippen molar-refractivity contribution in [2.75, 3.05) is 62.3 Å². The van der Waals surface area contributed by atoms with E-state index in [1.54, 1.807) is 9.80 Å². The lowest BCUT2D eigenvalue weighted by Crippen LogP contribution is -2.44. The number of ether oxygens (including phenoxy) is 2. The zero-order valence-corrected chi connectivity index (χ0v) is 32.2. The molecule has 0 spiro atoms. The van der Waals surface area contributed by atoms with Gasteiger partial charge in [0.1, 0.15) is 11.5 Å². The standard InChI is InChI=1S/C42H42Cl2N6O6/c43-41-29(25-7-11-33-35(19-25)55-23-39(53)49(33)17-15-45-21-27-9-13-37(51)47-27)3-1-5-31(41)32-6-2-4-30(42(32)44)26-8-12-34-36(20-26)56-24-40(54)50(34)18-16-46-22-28-10-14-38(52)48-28/h1-8,11-12,19-20,27-28,45-46H,9-10,13-18,21-24H2,(H,47,51)(H,48,52)/t27-,28-/m0/s1. The van der Waals surface area contributed by atoms with Crippen LogP contribution in [0.2, 0.25) is 10.0 Å². The molecular formula is C42H42Cl2N6O6. The summed E-state index contributed by atoms with van der Waals surface area (Å²) in [4.78, 5) is 52.2. The highest BCUT2D eigenvalue weighted by Crippen LogP contribution is 2.45. The number of carbonyl (C=O) groups is 4. The Morgan fingerprint density at radius 2 is 1.04 bits per heavy atom. The second-order valence-electron chi connectivity index (χ2n) is 14.4. The molecule has 14 heteroatoms. The summed E-state index contributed by atoms with van der Waals surface area (Å²) in [6.07, 6.45) is 2.73. The molecule has 290 valence electrons. The first-order chi connectivity index (χ1) is 27.2. The number of hydrogen-bond donors (Lipinski definition) is 4. The van der Waals surface area contributed by atoms with Gasteiger partial charge in [-0.05, 0) is 48.2 Å². The molecule has 2 atom stereocenters. The minimum absolute atomic E-state index is 0.0626. The summed E-state index contributed by atoms with van der Waals surface area (Å²) in [6.45, 7) is 3.27. The normalized spacial score (nSPS) is 19.0. The van der Waals surface area contributed by atoms with Gasteiger partial charge in [0.05, 0.1) is 21.4 Å². The van der Waals surface area contributed by atoms with Gasteiger partial charge in [-0.1, -0.05) is 71.7 Å². The van der Waals surface area contributed by atoms with Crippen molar-refractivity contribution >= 4 is 58.2 Å². The van der Waals surface area contributed by atoms with Crippen LogP contribution in [0, 0.1) is 0 Å². The number of halogens is 2. The fourth-order valence-corrected chi connectivity index (χ4v) is 8.43. The SMILES string of the molecule is O=C1CC[C@@H](CNCCN2C(=O)COc3cc(-c4cccc(-c5cccc(-c6ccc7c(c6)OCC(=O)N7CCNC[C@@H]6CCC(=O)N6)c5Cl)c4Cl)ccc32)N1. The monoisotopic (exact) mass is 796 g/mol. The van der Waals surface area contributed by atoms with Crippen LogP contribution in [0.4, 0.5) is 11.4 Å². The Hall–Kier alpha value is -5.14.